The van der Waals surface area contributed by atoms with Crippen LogP contribution in [0.15, 0.2) is 12.2 Å². The molecule has 6 heterocycles. The highest BCUT2D eigenvalue weighted by Crippen LogP contribution is 2.65. The van der Waals surface area contributed by atoms with Crippen LogP contribution in [-0.4, -0.2) is 49.7 Å². The van der Waals surface area contributed by atoms with Gasteiger partial charge in [-0.15, -0.1) is 0 Å². The maximum atomic E-state index is 12.0. The lowest BCUT2D eigenvalue weighted by molar-refractivity contribution is -0.148. The van der Waals surface area contributed by atoms with Crippen LogP contribution in [0.5, 0.6) is 0 Å². The fourth-order valence-electron chi connectivity index (χ4n) is 6.27. The summed E-state index contributed by atoms with van der Waals surface area (Å²) >= 11 is 0. The number of carbonyl (C=O) groups is 1. The van der Waals surface area contributed by atoms with E-state index in [1.165, 1.54) is 7.11 Å². The summed E-state index contributed by atoms with van der Waals surface area (Å²) in [5, 5.41) is 0. The molecule has 6 aliphatic rings. The highest BCUT2D eigenvalue weighted by atomic mass is 16.6. The Morgan fingerprint density at radius 3 is 2.38 bits per heavy atom. The van der Waals surface area contributed by atoms with E-state index >= 15 is 0 Å². The summed E-state index contributed by atoms with van der Waals surface area (Å²) in [6, 6.07) is 0. The highest BCUT2D eigenvalue weighted by molar-refractivity contribution is 5.74. The zero-order valence-electron chi connectivity index (χ0n) is 11.8. The molecule has 0 aromatic carbocycles. The van der Waals surface area contributed by atoms with E-state index in [2.05, 4.69) is 12.2 Å². The van der Waals surface area contributed by atoms with E-state index in [-0.39, 0.29) is 48.5 Å². The van der Waals surface area contributed by atoms with Crippen molar-refractivity contribution in [3.8, 4) is 0 Å². The number of ether oxygens (including phenoxy) is 4. The number of fused-ring (bicyclic) bond motifs is 16. The van der Waals surface area contributed by atoms with Crippen LogP contribution < -0.4 is 0 Å². The summed E-state index contributed by atoms with van der Waals surface area (Å²) in [5.41, 5.74) is 0. The number of carbonyl (C=O) groups excluding carboxylic acids is 1. The van der Waals surface area contributed by atoms with Gasteiger partial charge >= 0.3 is 5.97 Å². The molecule has 0 aromatic heterocycles. The van der Waals surface area contributed by atoms with Crippen LogP contribution in [0.25, 0.3) is 0 Å². The van der Waals surface area contributed by atoms with Gasteiger partial charge in [-0.25, -0.2) is 0 Å². The molecule has 0 aromatic rings. The summed E-state index contributed by atoms with van der Waals surface area (Å²) in [6.45, 7) is 0. The Morgan fingerprint density at radius 2 is 1.67 bits per heavy atom. The van der Waals surface area contributed by atoms with E-state index in [0.29, 0.717) is 23.7 Å². The standard InChI is InChI=1S/C16H18O5/c1-18-16(17)5-4-8-11-12(13(5)20-8)15-10-7-3-2-6(19-7)9(10)14(11)21-15/h2-3,5-15H,4H2,1H3. The lowest BCUT2D eigenvalue weighted by Crippen LogP contribution is -2.50. The minimum atomic E-state index is -0.121. The van der Waals surface area contributed by atoms with Crippen molar-refractivity contribution < 1.29 is 23.7 Å². The van der Waals surface area contributed by atoms with Crippen molar-refractivity contribution in [2.24, 2.45) is 29.6 Å². The van der Waals surface area contributed by atoms with E-state index in [1.807, 2.05) is 0 Å². The predicted octanol–water partition coefficient (Wildman–Crippen LogP) is 0.530. The molecule has 5 nitrogen and oxygen atoms in total. The molecule has 21 heavy (non-hydrogen) atoms. The number of hydrogen-bond donors (Lipinski definition) is 0. The van der Waals surface area contributed by atoms with Gasteiger partial charge in [-0.2, -0.15) is 0 Å². The molecule has 5 saturated heterocycles. The van der Waals surface area contributed by atoms with Gasteiger partial charge in [-0.05, 0) is 6.42 Å². The molecule has 0 saturated carbocycles. The molecule has 6 rings (SSSR count). The molecule has 5 heteroatoms. The van der Waals surface area contributed by atoms with Crippen molar-refractivity contribution in [3.63, 3.8) is 0 Å². The van der Waals surface area contributed by atoms with E-state index < -0.39 is 0 Å². The van der Waals surface area contributed by atoms with E-state index in [0.717, 1.165) is 6.42 Å². The molecule has 0 radical (unpaired) electrons. The fourth-order valence-corrected chi connectivity index (χ4v) is 6.27. The van der Waals surface area contributed by atoms with Crippen LogP contribution >= 0.6 is 0 Å². The van der Waals surface area contributed by atoms with Gasteiger partial charge in [0.1, 0.15) is 0 Å². The SMILES string of the molecule is COC(=O)C1CC2OC1C1C3OC(C4C5C=CC(O5)C34)C21. The van der Waals surface area contributed by atoms with Gasteiger partial charge in [0.05, 0.1) is 49.7 Å². The van der Waals surface area contributed by atoms with Crippen LogP contribution in [0.4, 0.5) is 0 Å². The van der Waals surface area contributed by atoms with Crippen LogP contribution in [0.2, 0.25) is 0 Å². The Kier molecular flexibility index (Phi) is 1.95. The number of hydrogen-bond acceptors (Lipinski definition) is 5. The first-order valence-electron chi connectivity index (χ1n) is 8.00. The zero-order valence-corrected chi connectivity index (χ0v) is 11.8. The van der Waals surface area contributed by atoms with Crippen molar-refractivity contribution in [3.05, 3.63) is 12.2 Å². The quantitative estimate of drug-likeness (QED) is 0.521. The highest BCUT2D eigenvalue weighted by Gasteiger charge is 2.74. The van der Waals surface area contributed by atoms with Gasteiger partial charge in [-0.1, -0.05) is 12.2 Å². The first-order chi connectivity index (χ1) is 10.3. The second kappa shape index (κ2) is 3.53. The zero-order chi connectivity index (χ0) is 13.9. The number of rotatable bonds is 1. The molecule has 6 aliphatic heterocycles. The minimum Gasteiger partial charge on any atom is -0.469 e. The molecule has 112 valence electrons. The summed E-state index contributed by atoms with van der Waals surface area (Å²) < 4.78 is 23.6. The second-order valence-corrected chi connectivity index (χ2v) is 7.33. The third kappa shape index (κ3) is 1.13. The average Bonchev–Trinajstić information content (AvgIpc) is 3.31. The van der Waals surface area contributed by atoms with Gasteiger partial charge in [0, 0.05) is 23.7 Å². The first-order valence-corrected chi connectivity index (χ1v) is 8.00. The summed E-state index contributed by atoms with van der Waals surface area (Å²) in [7, 11) is 1.47. The first kappa shape index (κ1) is 11.6. The topological polar surface area (TPSA) is 54.0 Å². The lowest BCUT2D eigenvalue weighted by atomic mass is 9.59. The van der Waals surface area contributed by atoms with Gasteiger partial charge in [-0.3, -0.25) is 4.79 Å². The molecule has 0 N–H and O–H groups in total. The average molecular weight is 290 g/mol. The Balaban J connectivity index is 1.37. The molecule has 5 fully saturated rings. The van der Waals surface area contributed by atoms with Gasteiger partial charge < -0.3 is 18.9 Å². The van der Waals surface area contributed by atoms with E-state index in [1.54, 1.807) is 0 Å². The van der Waals surface area contributed by atoms with Crippen LogP contribution in [0.3, 0.4) is 0 Å². The van der Waals surface area contributed by atoms with Crippen LogP contribution in [0.1, 0.15) is 6.42 Å². The molecule has 11 atom stereocenters. The van der Waals surface area contributed by atoms with Crippen LogP contribution in [0, 0.1) is 29.6 Å². The Labute approximate surface area is 122 Å². The molecule has 0 aliphatic carbocycles. The molecule has 6 bridgehead atoms. The van der Waals surface area contributed by atoms with Crippen molar-refractivity contribution in [2.75, 3.05) is 7.11 Å². The van der Waals surface area contributed by atoms with Gasteiger partial charge in [0.25, 0.3) is 0 Å². The Morgan fingerprint density at radius 1 is 0.952 bits per heavy atom. The van der Waals surface area contributed by atoms with Crippen molar-refractivity contribution in [1.82, 2.24) is 0 Å². The lowest BCUT2D eigenvalue weighted by Gasteiger charge is -2.38. The monoisotopic (exact) mass is 290 g/mol. The second-order valence-electron chi connectivity index (χ2n) is 7.33. The normalized spacial score (nSPS) is 64.1. The summed E-state index contributed by atoms with van der Waals surface area (Å²) in [5.74, 6) is 1.56. The molecule has 0 spiro atoms. The van der Waals surface area contributed by atoms with Crippen molar-refractivity contribution >= 4 is 5.97 Å². The van der Waals surface area contributed by atoms with Gasteiger partial charge in [0.2, 0.25) is 0 Å². The van der Waals surface area contributed by atoms with Gasteiger partial charge in [0.15, 0.2) is 0 Å². The smallest absolute Gasteiger partial charge is 0.311 e. The Bertz CT molecular complexity index is 559. The molecule has 0 amide bonds. The van der Waals surface area contributed by atoms with Crippen molar-refractivity contribution in [2.45, 2.75) is 43.0 Å². The van der Waals surface area contributed by atoms with Crippen LogP contribution in [-0.2, 0) is 23.7 Å². The Hall–Kier alpha value is -0.910. The third-order valence-corrected chi connectivity index (χ3v) is 6.81. The molecule has 11 unspecified atom stereocenters. The molecular formula is C16H18O5. The maximum Gasteiger partial charge on any atom is 0.311 e. The fraction of sp³-hybridized carbons (Fsp3) is 0.812. The maximum absolute atomic E-state index is 12.0. The van der Waals surface area contributed by atoms with E-state index in [9.17, 15) is 4.79 Å². The van der Waals surface area contributed by atoms with Crippen molar-refractivity contribution in [1.29, 1.82) is 0 Å². The molecular weight excluding hydrogens is 272 g/mol. The largest absolute Gasteiger partial charge is 0.469 e. The number of esters is 1. The number of methoxy groups -OCH3 is 1. The third-order valence-electron chi connectivity index (χ3n) is 6.81. The minimum absolute atomic E-state index is 0.00786. The summed E-state index contributed by atoms with van der Waals surface area (Å²) in [4.78, 5) is 12.0. The van der Waals surface area contributed by atoms with E-state index in [4.69, 9.17) is 18.9 Å². The predicted molar refractivity (Wildman–Crippen MR) is 69.2 cm³/mol. The summed E-state index contributed by atoms with van der Waals surface area (Å²) in [6.07, 6.45) is 6.28.